The summed E-state index contributed by atoms with van der Waals surface area (Å²) >= 11 is 3.36. The summed E-state index contributed by atoms with van der Waals surface area (Å²) in [6.45, 7) is 2.10. The van der Waals surface area contributed by atoms with E-state index in [0.29, 0.717) is 5.92 Å². The van der Waals surface area contributed by atoms with Crippen molar-refractivity contribution in [1.82, 2.24) is 9.97 Å². The van der Waals surface area contributed by atoms with Crippen LogP contribution in [0.2, 0.25) is 0 Å². The summed E-state index contributed by atoms with van der Waals surface area (Å²) in [6.07, 6.45) is 5.37. The topological polar surface area (TPSA) is 28.7 Å². The first-order valence-corrected chi connectivity index (χ1v) is 5.28. The van der Waals surface area contributed by atoms with E-state index in [1.165, 1.54) is 37.1 Å². The van der Waals surface area contributed by atoms with E-state index in [0.717, 1.165) is 4.73 Å². The lowest BCUT2D eigenvalue weighted by atomic mass is 10.0. The Hall–Kier alpha value is -0.310. The normalized spacial score (nSPS) is 18.8. The van der Waals surface area contributed by atoms with Crippen molar-refractivity contribution in [3.8, 4) is 0 Å². The van der Waals surface area contributed by atoms with Crippen molar-refractivity contribution in [2.45, 2.75) is 38.5 Å². The van der Waals surface area contributed by atoms with E-state index in [2.05, 4.69) is 32.8 Å². The summed E-state index contributed by atoms with van der Waals surface area (Å²) in [4.78, 5) is 7.64. The smallest absolute Gasteiger partial charge is 0.174 e. The number of nitrogens with zero attached hydrogens (tertiary/aromatic N) is 1. The Balaban J connectivity index is 2.25. The van der Waals surface area contributed by atoms with E-state index in [4.69, 9.17) is 0 Å². The second-order valence-corrected chi connectivity index (χ2v) is 4.27. The number of aromatic amines is 1. The molecular weight excluding hydrogens is 216 g/mol. The summed E-state index contributed by atoms with van der Waals surface area (Å²) in [7, 11) is 0. The van der Waals surface area contributed by atoms with E-state index < -0.39 is 0 Å². The zero-order chi connectivity index (χ0) is 8.55. The fourth-order valence-electron chi connectivity index (χ4n) is 2.03. The molecule has 2 nitrogen and oxygen atoms in total. The zero-order valence-corrected chi connectivity index (χ0v) is 8.82. The Kier molecular flexibility index (Phi) is 2.22. The zero-order valence-electron chi connectivity index (χ0n) is 7.23. The molecule has 1 fully saturated rings. The van der Waals surface area contributed by atoms with Gasteiger partial charge in [0.15, 0.2) is 4.73 Å². The van der Waals surface area contributed by atoms with Crippen molar-refractivity contribution in [3.63, 3.8) is 0 Å². The quantitative estimate of drug-likeness (QED) is 0.787. The van der Waals surface area contributed by atoms with Crippen LogP contribution in [0.4, 0.5) is 0 Å². The molecule has 1 aliphatic carbocycles. The number of nitrogens with one attached hydrogen (secondary N) is 1. The highest BCUT2D eigenvalue weighted by Gasteiger charge is 2.21. The highest BCUT2D eigenvalue weighted by molar-refractivity contribution is 9.10. The molecule has 1 aromatic heterocycles. The third-order valence-electron chi connectivity index (χ3n) is 2.64. The fraction of sp³-hybridized carbons (Fsp3) is 0.667. The molecule has 1 N–H and O–H groups in total. The van der Waals surface area contributed by atoms with Crippen LogP contribution in [0.25, 0.3) is 0 Å². The van der Waals surface area contributed by atoms with Crippen molar-refractivity contribution in [1.29, 1.82) is 0 Å². The lowest BCUT2D eigenvalue weighted by Gasteiger charge is -2.05. The number of aryl methyl sites for hydroxylation is 1. The van der Waals surface area contributed by atoms with Gasteiger partial charge in [-0.05, 0) is 35.7 Å². The molecule has 1 saturated carbocycles. The van der Waals surface area contributed by atoms with Gasteiger partial charge >= 0.3 is 0 Å². The van der Waals surface area contributed by atoms with Gasteiger partial charge in [-0.15, -0.1) is 0 Å². The number of H-pyrrole nitrogens is 1. The van der Waals surface area contributed by atoms with Crippen molar-refractivity contribution in [2.24, 2.45) is 0 Å². The van der Waals surface area contributed by atoms with Gasteiger partial charge in [-0.25, -0.2) is 4.98 Å². The Morgan fingerprint density at radius 1 is 1.42 bits per heavy atom. The van der Waals surface area contributed by atoms with Gasteiger partial charge in [0.2, 0.25) is 0 Å². The van der Waals surface area contributed by atoms with Crippen LogP contribution in [-0.4, -0.2) is 9.97 Å². The Labute approximate surface area is 80.9 Å². The minimum atomic E-state index is 0.715. The molecule has 2 rings (SSSR count). The minimum absolute atomic E-state index is 0.715. The van der Waals surface area contributed by atoms with Crippen molar-refractivity contribution in [3.05, 3.63) is 16.1 Å². The van der Waals surface area contributed by atoms with Crippen LogP contribution in [-0.2, 0) is 0 Å². The van der Waals surface area contributed by atoms with E-state index >= 15 is 0 Å². The molecule has 1 aromatic rings. The van der Waals surface area contributed by atoms with Crippen LogP contribution in [0.1, 0.15) is 43.0 Å². The van der Waals surface area contributed by atoms with Crippen molar-refractivity contribution < 1.29 is 0 Å². The predicted molar refractivity (Wildman–Crippen MR) is 52.2 cm³/mol. The molecule has 1 aliphatic rings. The summed E-state index contributed by atoms with van der Waals surface area (Å²) < 4.78 is 0.877. The van der Waals surface area contributed by atoms with Gasteiger partial charge in [0.25, 0.3) is 0 Å². The number of hydrogen-bond donors (Lipinski definition) is 1. The monoisotopic (exact) mass is 228 g/mol. The Bertz CT molecular complexity index is 274. The number of rotatable bonds is 1. The molecule has 0 atom stereocenters. The van der Waals surface area contributed by atoms with Crippen LogP contribution >= 0.6 is 15.9 Å². The largest absolute Gasteiger partial charge is 0.336 e. The molecular formula is C9H13BrN2. The first kappa shape index (κ1) is 8.30. The summed E-state index contributed by atoms with van der Waals surface area (Å²) in [5.41, 5.74) is 2.51. The molecule has 0 saturated heterocycles. The van der Waals surface area contributed by atoms with Gasteiger partial charge in [0.1, 0.15) is 0 Å². The molecule has 66 valence electrons. The number of imidazole rings is 1. The van der Waals surface area contributed by atoms with Gasteiger partial charge in [0, 0.05) is 11.6 Å². The van der Waals surface area contributed by atoms with Crippen LogP contribution in [0.3, 0.4) is 0 Å². The second kappa shape index (κ2) is 3.21. The van der Waals surface area contributed by atoms with E-state index in [9.17, 15) is 0 Å². The molecule has 3 heteroatoms. The maximum absolute atomic E-state index is 4.45. The molecule has 0 unspecified atom stereocenters. The summed E-state index contributed by atoms with van der Waals surface area (Å²) in [6, 6.07) is 0. The van der Waals surface area contributed by atoms with Gasteiger partial charge in [0.05, 0.1) is 5.69 Å². The predicted octanol–water partition coefficient (Wildman–Crippen LogP) is 3.14. The van der Waals surface area contributed by atoms with Gasteiger partial charge < -0.3 is 4.98 Å². The standard InChI is InChI=1S/C9H13BrN2/c1-6-8(12-9(10)11-6)7-4-2-3-5-7/h7H,2-5H2,1H3,(H,11,12). The molecule has 0 bridgehead atoms. The van der Waals surface area contributed by atoms with Gasteiger partial charge in [-0.2, -0.15) is 0 Å². The maximum Gasteiger partial charge on any atom is 0.174 e. The number of aromatic nitrogens is 2. The maximum atomic E-state index is 4.45. The lowest BCUT2D eigenvalue weighted by Crippen LogP contribution is -1.94. The van der Waals surface area contributed by atoms with E-state index in [-0.39, 0.29) is 0 Å². The number of hydrogen-bond acceptors (Lipinski definition) is 1. The number of halogens is 1. The third kappa shape index (κ3) is 1.42. The summed E-state index contributed by atoms with van der Waals surface area (Å²) in [5.74, 6) is 0.715. The van der Waals surface area contributed by atoms with Gasteiger partial charge in [-0.3, -0.25) is 0 Å². The van der Waals surface area contributed by atoms with Gasteiger partial charge in [-0.1, -0.05) is 12.8 Å². The van der Waals surface area contributed by atoms with Crippen LogP contribution in [0, 0.1) is 6.92 Å². The Morgan fingerprint density at radius 2 is 2.08 bits per heavy atom. The fourth-order valence-corrected chi connectivity index (χ4v) is 2.52. The average Bonchev–Trinajstić information content (AvgIpc) is 2.58. The lowest BCUT2D eigenvalue weighted by molar-refractivity contribution is 0.696. The molecule has 0 aromatic carbocycles. The highest BCUT2D eigenvalue weighted by atomic mass is 79.9. The second-order valence-electron chi connectivity index (χ2n) is 3.52. The van der Waals surface area contributed by atoms with Crippen molar-refractivity contribution in [2.75, 3.05) is 0 Å². The highest BCUT2D eigenvalue weighted by Crippen LogP contribution is 2.34. The van der Waals surface area contributed by atoms with Crippen LogP contribution in [0.15, 0.2) is 4.73 Å². The summed E-state index contributed by atoms with van der Waals surface area (Å²) in [5, 5.41) is 0. The molecule has 0 spiro atoms. The average molecular weight is 229 g/mol. The molecule has 0 aliphatic heterocycles. The first-order valence-electron chi connectivity index (χ1n) is 4.49. The minimum Gasteiger partial charge on any atom is -0.336 e. The molecule has 0 amide bonds. The van der Waals surface area contributed by atoms with E-state index in [1.54, 1.807) is 0 Å². The van der Waals surface area contributed by atoms with E-state index in [1.807, 2.05) is 0 Å². The Morgan fingerprint density at radius 3 is 2.58 bits per heavy atom. The van der Waals surface area contributed by atoms with Crippen molar-refractivity contribution >= 4 is 15.9 Å². The van der Waals surface area contributed by atoms with Crippen LogP contribution in [0.5, 0.6) is 0 Å². The first-order chi connectivity index (χ1) is 5.77. The SMILES string of the molecule is Cc1[nH]c(Br)nc1C1CCCC1. The molecule has 12 heavy (non-hydrogen) atoms. The van der Waals surface area contributed by atoms with Crippen LogP contribution < -0.4 is 0 Å². The molecule has 1 heterocycles. The third-order valence-corrected chi connectivity index (χ3v) is 3.01. The molecule has 0 radical (unpaired) electrons.